The molecule has 0 saturated heterocycles. The fraction of sp³-hybridized carbons (Fsp3) is 0.333. The Labute approximate surface area is 185 Å². The van der Waals surface area contributed by atoms with Crippen molar-refractivity contribution in [1.29, 1.82) is 0 Å². The minimum atomic E-state index is -0.693. The van der Waals surface area contributed by atoms with Gasteiger partial charge in [0.1, 0.15) is 5.82 Å². The number of nitrogens with two attached hydrogens (primary N) is 2. The molecule has 0 aliphatic heterocycles. The van der Waals surface area contributed by atoms with E-state index in [0.29, 0.717) is 11.4 Å². The molecule has 0 spiro atoms. The molecule has 0 fully saturated rings. The number of nitrogens with one attached hydrogen (secondary N) is 2. The number of nitrogens with zero attached hydrogens (tertiary/aromatic N) is 1. The first-order chi connectivity index (χ1) is 13.9. The summed E-state index contributed by atoms with van der Waals surface area (Å²) in [5.41, 5.74) is 13.0. The molecule has 2 unspecified atom stereocenters. The van der Waals surface area contributed by atoms with Crippen LogP contribution in [-0.2, 0) is 0 Å². The number of hydrogen-bond donors (Lipinski definition) is 4. The van der Waals surface area contributed by atoms with Crippen LogP contribution >= 0.6 is 23.2 Å². The van der Waals surface area contributed by atoms with E-state index in [1.807, 2.05) is 32.9 Å². The van der Waals surface area contributed by atoms with Crippen LogP contribution in [0.3, 0.4) is 0 Å². The quantitative estimate of drug-likeness (QED) is 0.311. The van der Waals surface area contributed by atoms with Gasteiger partial charge in [0.15, 0.2) is 0 Å². The van der Waals surface area contributed by atoms with Crippen LogP contribution in [0.5, 0.6) is 0 Å². The molecule has 9 heteroatoms. The van der Waals surface area contributed by atoms with Crippen molar-refractivity contribution in [2.75, 3.05) is 0 Å². The normalized spacial score (nSPS) is 14.2. The lowest BCUT2D eigenvalue weighted by Crippen LogP contribution is -2.54. The fourth-order valence-corrected chi connectivity index (χ4v) is 2.84. The summed E-state index contributed by atoms with van der Waals surface area (Å²) in [6.07, 6.45) is -0.227. The summed E-state index contributed by atoms with van der Waals surface area (Å²) in [6.45, 7) is 5.71. The number of carbonyl (C=O) groups excluding carboxylic acids is 1. The van der Waals surface area contributed by atoms with Gasteiger partial charge in [-0.2, -0.15) is 4.99 Å². The van der Waals surface area contributed by atoms with Gasteiger partial charge in [-0.05, 0) is 63.1 Å². The zero-order valence-corrected chi connectivity index (χ0v) is 18.6. The molecule has 2 rings (SSSR count). The number of guanidine groups is 1. The standard InChI is InChI=1S/C21H26Cl2FN5O/c1-21(2,3)29-20(28-19(30)13-6-9-15(23)16(24)10-13)27-18(26)11-17(25)12-4-7-14(22)8-5-12/h4-10,17-18H,11,25-26H2,1-3H3,(H2,27,28,29,30). The summed E-state index contributed by atoms with van der Waals surface area (Å²) in [7, 11) is 0. The third kappa shape index (κ3) is 7.57. The third-order valence-electron chi connectivity index (χ3n) is 4.00. The fourth-order valence-electron chi connectivity index (χ4n) is 2.60. The Hall–Kier alpha value is -2.19. The van der Waals surface area contributed by atoms with Gasteiger partial charge < -0.3 is 22.1 Å². The third-order valence-corrected chi connectivity index (χ3v) is 4.56. The molecule has 0 heterocycles. The van der Waals surface area contributed by atoms with Crippen LogP contribution in [0, 0.1) is 5.82 Å². The number of carbonyl (C=O) groups is 1. The molecular formula is C21H26Cl2FN5O. The van der Waals surface area contributed by atoms with E-state index in [1.54, 1.807) is 12.1 Å². The lowest BCUT2D eigenvalue weighted by atomic mass is 10.0. The molecule has 0 radical (unpaired) electrons. The van der Waals surface area contributed by atoms with Crippen molar-refractivity contribution in [2.24, 2.45) is 16.5 Å². The predicted molar refractivity (Wildman–Crippen MR) is 120 cm³/mol. The van der Waals surface area contributed by atoms with Crippen molar-refractivity contribution in [1.82, 2.24) is 10.6 Å². The van der Waals surface area contributed by atoms with Crippen LogP contribution < -0.4 is 22.1 Å². The molecule has 2 aromatic carbocycles. The topological polar surface area (TPSA) is 106 Å². The van der Waals surface area contributed by atoms with Gasteiger partial charge >= 0.3 is 0 Å². The number of aliphatic imine (C=N–C) groups is 1. The molecule has 0 aromatic heterocycles. The Kier molecular flexibility index (Phi) is 8.20. The molecule has 162 valence electrons. The maximum Gasteiger partial charge on any atom is 0.280 e. The van der Waals surface area contributed by atoms with Crippen molar-refractivity contribution in [3.05, 3.63) is 69.5 Å². The van der Waals surface area contributed by atoms with Gasteiger partial charge in [0.2, 0.25) is 5.96 Å². The molecule has 1 amide bonds. The summed E-state index contributed by atoms with van der Waals surface area (Å²) in [5.74, 6) is -1.17. The van der Waals surface area contributed by atoms with Gasteiger partial charge in [-0.15, -0.1) is 0 Å². The average Bonchev–Trinajstić information content (AvgIpc) is 2.62. The SMILES string of the molecule is CC(C)(C)N/C(=N/C(=O)c1ccc(Cl)c(F)c1)NC(N)CC(N)c1ccc(Cl)cc1. The van der Waals surface area contributed by atoms with Gasteiger partial charge in [0.25, 0.3) is 5.91 Å². The first-order valence-electron chi connectivity index (χ1n) is 9.34. The number of hydrogen-bond acceptors (Lipinski definition) is 3. The molecule has 2 atom stereocenters. The van der Waals surface area contributed by atoms with Gasteiger partial charge in [0.05, 0.1) is 11.2 Å². The van der Waals surface area contributed by atoms with Gasteiger partial charge in [-0.25, -0.2) is 4.39 Å². The zero-order chi connectivity index (χ0) is 22.5. The highest BCUT2D eigenvalue weighted by atomic mass is 35.5. The van der Waals surface area contributed by atoms with Crippen LogP contribution in [0.25, 0.3) is 0 Å². The molecular weight excluding hydrogens is 428 g/mol. The summed E-state index contributed by atoms with van der Waals surface area (Å²) >= 11 is 11.6. The highest BCUT2D eigenvalue weighted by Crippen LogP contribution is 2.18. The predicted octanol–water partition coefficient (Wildman–Crippen LogP) is 3.98. The Morgan fingerprint density at radius 2 is 1.77 bits per heavy atom. The van der Waals surface area contributed by atoms with Crippen LogP contribution in [0.1, 0.15) is 49.2 Å². The minimum Gasteiger partial charge on any atom is -0.351 e. The van der Waals surface area contributed by atoms with Crippen molar-refractivity contribution in [3.63, 3.8) is 0 Å². The van der Waals surface area contributed by atoms with Crippen LogP contribution in [0.4, 0.5) is 4.39 Å². The van der Waals surface area contributed by atoms with E-state index < -0.39 is 23.4 Å². The first-order valence-corrected chi connectivity index (χ1v) is 10.1. The van der Waals surface area contributed by atoms with E-state index in [2.05, 4.69) is 15.6 Å². The van der Waals surface area contributed by atoms with Crippen molar-refractivity contribution in [2.45, 2.75) is 44.9 Å². The van der Waals surface area contributed by atoms with E-state index in [4.69, 9.17) is 34.7 Å². The van der Waals surface area contributed by atoms with E-state index >= 15 is 0 Å². The monoisotopic (exact) mass is 453 g/mol. The molecule has 30 heavy (non-hydrogen) atoms. The van der Waals surface area contributed by atoms with Crippen molar-refractivity contribution < 1.29 is 9.18 Å². The molecule has 6 N–H and O–H groups in total. The summed E-state index contributed by atoms with van der Waals surface area (Å²) in [6, 6.07) is 10.6. The number of halogens is 3. The zero-order valence-electron chi connectivity index (χ0n) is 17.0. The summed E-state index contributed by atoms with van der Waals surface area (Å²) in [4.78, 5) is 16.5. The second kappa shape index (κ2) is 10.2. The van der Waals surface area contributed by atoms with Gasteiger partial charge in [-0.1, -0.05) is 35.3 Å². The summed E-state index contributed by atoms with van der Waals surface area (Å²) < 4.78 is 13.7. The highest BCUT2D eigenvalue weighted by Gasteiger charge is 2.19. The van der Waals surface area contributed by atoms with E-state index in [1.165, 1.54) is 12.1 Å². The second-order valence-corrected chi connectivity index (χ2v) is 8.76. The van der Waals surface area contributed by atoms with Crippen LogP contribution in [-0.4, -0.2) is 23.6 Å². The number of rotatable bonds is 5. The molecule has 0 saturated carbocycles. The Morgan fingerprint density at radius 1 is 1.13 bits per heavy atom. The van der Waals surface area contributed by atoms with Crippen molar-refractivity contribution >= 4 is 35.1 Å². The number of amides is 1. The van der Waals surface area contributed by atoms with E-state index in [9.17, 15) is 9.18 Å². The lowest BCUT2D eigenvalue weighted by Gasteiger charge is -2.27. The Balaban J connectivity index is 2.15. The van der Waals surface area contributed by atoms with Gasteiger partial charge in [-0.3, -0.25) is 4.79 Å². The first kappa shape index (κ1) is 24.1. The van der Waals surface area contributed by atoms with Crippen molar-refractivity contribution in [3.8, 4) is 0 Å². The Bertz CT molecular complexity index is 913. The molecule has 0 aliphatic rings. The highest BCUT2D eigenvalue weighted by molar-refractivity contribution is 6.31. The molecule has 2 aromatic rings. The maximum atomic E-state index is 13.7. The van der Waals surface area contributed by atoms with Crippen LogP contribution in [0.2, 0.25) is 10.0 Å². The van der Waals surface area contributed by atoms with Crippen LogP contribution in [0.15, 0.2) is 47.5 Å². The second-order valence-electron chi connectivity index (χ2n) is 7.91. The van der Waals surface area contributed by atoms with E-state index in [0.717, 1.165) is 11.6 Å². The smallest absolute Gasteiger partial charge is 0.280 e. The molecule has 0 aliphatic carbocycles. The average molecular weight is 454 g/mol. The lowest BCUT2D eigenvalue weighted by molar-refractivity contribution is 0.100. The van der Waals surface area contributed by atoms with E-state index in [-0.39, 0.29) is 22.6 Å². The molecule has 6 nitrogen and oxygen atoms in total. The van der Waals surface area contributed by atoms with Gasteiger partial charge in [0, 0.05) is 22.2 Å². The largest absolute Gasteiger partial charge is 0.351 e. The summed E-state index contributed by atoms with van der Waals surface area (Å²) in [5, 5.41) is 6.63. The Morgan fingerprint density at radius 3 is 2.33 bits per heavy atom. The maximum absolute atomic E-state index is 13.7. The minimum absolute atomic E-state index is 0.0679. The number of benzene rings is 2. The molecule has 0 bridgehead atoms.